The third-order valence-electron chi connectivity index (χ3n) is 5.77. The Morgan fingerprint density at radius 1 is 0.931 bits per heavy atom. The number of amides is 2. The molecule has 0 atom stereocenters. The van der Waals surface area contributed by atoms with Crippen LogP contribution in [0.15, 0.2) is 48.5 Å². The molecular weight excluding hydrogens is 407 g/mol. The van der Waals surface area contributed by atoms with Crippen LogP contribution in [0.5, 0.6) is 0 Å². The number of nitrogens with one attached hydrogen (secondary N) is 1. The van der Waals surface area contributed by atoms with Crippen LogP contribution in [0, 0.1) is 0 Å². The van der Waals surface area contributed by atoms with Gasteiger partial charge in [-0.3, -0.25) is 0 Å². The van der Waals surface area contributed by atoms with Crippen molar-refractivity contribution in [2.45, 2.75) is 50.4 Å². The summed E-state index contributed by atoms with van der Waals surface area (Å²) in [6, 6.07) is 15.7. The van der Waals surface area contributed by atoms with Gasteiger partial charge in [-0.2, -0.15) is 0 Å². The van der Waals surface area contributed by atoms with E-state index in [4.69, 9.17) is 27.9 Å². The molecule has 2 amide bonds. The summed E-state index contributed by atoms with van der Waals surface area (Å²) in [6.07, 6.45) is 5.43. The van der Waals surface area contributed by atoms with Crippen LogP contribution in [0.2, 0.25) is 10.0 Å². The number of halogens is 2. The van der Waals surface area contributed by atoms with Crippen LogP contribution in [0.4, 0.5) is 4.79 Å². The van der Waals surface area contributed by atoms with Gasteiger partial charge in [0.15, 0.2) is 0 Å². The van der Waals surface area contributed by atoms with Crippen molar-refractivity contribution in [3.63, 3.8) is 0 Å². The smallest absolute Gasteiger partial charge is 0.317 e. The summed E-state index contributed by atoms with van der Waals surface area (Å²) in [5.74, 6) is 0. The molecule has 2 aromatic rings. The number of hydrogen-bond donors (Lipinski definition) is 1. The summed E-state index contributed by atoms with van der Waals surface area (Å²) in [6.45, 7) is 1.15. The van der Waals surface area contributed by atoms with Gasteiger partial charge in [0.2, 0.25) is 0 Å². The second kappa shape index (κ2) is 9.38. The number of carbonyl (C=O) groups excluding carboxylic acids is 1. The highest BCUT2D eigenvalue weighted by atomic mass is 35.5. The van der Waals surface area contributed by atoms with Crippen LogP contribution >= 0.6 is 23.2 Å². The minimum absolute atomic E-state index is 0.0174. The molecule has 1 saturated carbocycles. The maximum absolute atomic E-state index is 12.5. The third-order valence-corrected chi connectivity index (χ3v) is 6.46. The molecule has 1 saturated heterocycles. The summed E-state index contributed by atoms with van der Waals surface area (Å²) >= 11 is 12.9. The molecule has 0 unspecified atom stereocenters. The summed E-state index contributed by atoms with van der Waals surface area (Å²) in [5.41, 5.74) is 1.76. The quantitative estimate of drug-likeness (QED) is 0.645. The van der Waals surface area contributed by atoms with Gasteiger partial charge >= 0.3 is 6.03 Å². The first kappa shape index (κ1) is 20.5. The molecule has 1 heterocycles. The van der Waals surface area contributed by atoms with Crippen LogP contribution in [0.25, 0.3) is 0 Å². The Bertz CT molecular complexity index is 803. The number of ether oxygens (including phenoxy) is 1. The fourth-order valence-electron chi connectivity index (χ4n) is 4.08. The summed E-state index contributed by atoms with van der Waals surface area (Å²) in [7, 11) is 0. The predicted octanol–water partition coefficient (Wildman–Crippen LogP) is 5.83. The van der Waals surface area contributed by atoms with E-state index in [-0.39, 0.29) is 18.2 Å². The minimum Gasteiger partial charge on any atom is -0.362 e. The number of hydrogen-bond acceptors (Lipinski definition) is 2. The van der Waals surface area contributed by atoms with Crippen LogP contribution in [0.1, 0.15) is 49.3 Å². The van der Waals surface area contributed by atoms with Crippen LogP contribution in [-0.4, -0.2) is 36.2 Å². The molecule has 2 fully saturated rings. The average molecular weight is 433 g/mol. The van der Waals surface area contributed by atoms with Crippen molar-refractivity contribution in [2.75, 3.05) is 13.1 Å². The van der Waals surface area contributed by atoms with Gasteiger partial charge in [-0.15, -0.1) is 0 Å². The van der Waals surface area contributed by atoms with E-state index in [1.807, 2.05) is 53.4 Å². The van der Waals surface area contributed by atoms with Gasteiger partial charge in [-0.25, -0.2) is 4.79 Å². The molecule has 4 rings (SSSR count). The highest BCUT2D eigenvalue weighted by Gasteiger charge is 2.35. The SMILES string of the molecule is O=C(NC1CCCCC1)N1CC(OC(c2ccccc2Cl)c2ccccc2Cl)C1. The molecule has 0 aromatic heterocycles. The van der Waals surface area contributed by atoms with Gasteiger partial charge in [-0.1, -0.05) is 78.9 Å². The molecule has 0 spiro atoms. The predicted molar refractivity (Wildman–Crippen MR) is 117 cm³/mol. The zero-order valence-electron chi connectivity index (χ0n) is 16.3. The number of rotatable bonds is 5. The molecule has 1 aliphatic heterocycles. The fraction of sp³-hybridized carbons (Fsp3) is 0.435. The molecule has 4 nitrogen and oxygen atoms in total. The van der Waals surface area contributed by atoms with Crippen molar-refractivity contribution in [1.29, 1.82) is 0 Å². The second-order valence-corrected chi connectivity index (χ2v) is 8.68. The van der Waals surface area contributed by atoms with E-state index in [0.717, 1.165) is 24.0 Å². The first-order chi connectivity index (χ1) is 14.1. The maximum atomic E-state index is 12.5. The van der Waals surface area contributed by atoms with Crippen molar-refractivity contribution in [2.24, 2.45) is 0 Å². The van der Waals surface area contributed by atoms with Gasteiger partial charge in [0.05, 0.1) is 19.2 Å². The van der Waals surface area contributed by atoms with Crippen LogP contribution in [0.3, 0.4) is 0 Å². The van der Waals surface area contributed by atoms with E-state index in [0.29, 0.717) is 29.2 Å². The number of urea groups is 1. The van der Waals surface area contributed by atoms with E-state index in [9.17, 15) is 4.79 Å². The Morgan fingerprint density at radius 3 is 2.03 bits per heavy atom. The van der Waals surface area contributed by atoms with Crippen LogP contribution in [-0.2, 0) is 4.74 Å². The number of carbonyl (C=O) groups is 1. The molecule has 1 N–H and O–H groups in total. The van der Waals surface area contributed by atoms with Crippen molar-refractivity contribution in [3.8, 4) is 0 Å². The van der Waals surface area contributed by atoms with E-state index in [1.165, 1.54) is 19.3 Å². The molecular formula is C23H26Cl2N2O2. The number of likely N-dealkylation sites (tertiary alicyclic amines) is 1. The topological polar surface area (TPSA) is 41.6 Å². The lowest BCUT2D eigenvalue weighted by Crippen LogP contribution is -2.59. The molecule has 154 valence electrons. The van der Waals surface area contributed by atoms with Crippen molar-refractivity contribution >= 4 is 29.2 Å². The Hall–Kier alpha value is -1.75. The van der Waals surface area contributed by atoms with Gasteiger partial charge < -0.3 is 15.0 Å². The Balaban J connectivity index is 1.41. The van der Waals surface area contributed by atoms with E-state index in [1.54, 1.807) is 0 Å². The van der Waals surface area contributed by atoms with Crippen molar-refractivity contribution in [1.82, 2.24) is 10.2 Å². The molecule has 0 radical (unpaired) electrons. The first-order valence-corrected chi connectivity index (χ1v) is 11.1. The van der Waals surface area contributed by atoms with E-state index >= 15 is 0 Å². The molecule has 2 aromatic carbocycles. The lowest BCUT2D eigenvalue weighted by atomic mass is 9.95. The first-order valence-electron chi connectivity index (χ1n) is 10.3. The zero-order valence-corrected chi connectivity index (χ0v) is 17.8. The highest BCUT2D eigenvalue weighted by Crippen LogP contribution is 2.37. The van der Waals surface area contributed by atoms with Crippen molar-refractivity contribution < 1.29 is 9.53 Å². The molecule has 2 aliphatic rings. The molecule has 6 heteroatoms. The maximum Gasteiger partial charge on any atom is 0.317 e. The van der Waals surface area contributed by atoms with Crippen molar-refractivity contribution in [3.05, 3.63) is 69.7 Å². The Labute approximate surface area is 182 Å². The number of benzene rings is 2. The monoisotopic (exact) mass is 432 g/mol. The lowest BCUT2D eigenvalue weighted by Gasteiger charge is -2.41. The van der Waals surface area contributed by atoms with Crippen LogP contribution < -0.4 is 5.32 Å². The van der Waals surface area contributed by atoms with Gasteiger partial charge in [0.1, 0.15) is 6.10 Å². The molecule has 0 bridgehead atoms. The summed E-state index contributed by atoms with van der Waals surface area (Å²) < 4.78 is 6.40. The lowest BCUT2D eigenvalue weighted by molar-refractivity contribution is -0.0648. The third kappa shape index (κ3) is 4.88. The summed E-state index contributed by atoms with van der Waals surface area (Å²) in [5, 5.41) is 4.45. The Kier molecular flexibility index (Phi) is 6.63. The van der Waals surface area contributed by atoms with Gasteiger partial charge in [0.25, 0.3) is 0 Å². The zero-order chi connectivity index (χ0) is 20.2. The standard InChI is InChI=1S/C23H26Cl2N2O2/c24-20-12-6-4-10-18(20)22(19-11-5-7-13-21(19)25)29-17-14-27(15-17)23(28)26-16-8-2-1-3-9-16/h4-7,10-13,16-17,22H,1-3,8-9,14-15H2,(H,26,28). The van der Waals surface area contributed by atoms with E-state index in [2.05, 4.69) is 5.32 Å². The van der Waals surface area contributed by atoms with E-state index < -0.39 is 0 Å². The second-order valence-electron chi connectivity index (χ2n) is 7.87. The van der Waals surface area contributed by atoms with Gasteiger partial charge in [-0.05, 0) is 25.0 Å². The average Bonchev–Trinajstić information content (AvgIpc) is 2.69. The summed E-state index contributed by atoms with van der Waals surface area (Å²) in [4.78, 5) is 14.3. The minimum atomic E-state index is -0.369. The largest absolute Gasteiger partial charge is 0.362 e. The normalized spacial score (nSPS) is 18.0. The molecule has 1 aliphatic carbocycles. The van der Waals surface area contributed by atoms with Gasteiger partial charge in [0, 0.05) is 27.2 Å². The Morgan fingerprint density at radius 2 is 1.48 bits per heavy atom. The highest BCUT2D eigenvalue weighted by molar-refractivity contribution is 6.32. The fourth-order valence-corrected chi connectivity index (χ4v) is 4.55. The molecule has 29 heavy (non-hydrogen) atoms. The number of nitrogens with zero attached hydrogens (tertiary/aromatic N) is 1.